The van der Waals surface area contributed by atoms with Crippen LogP contribution in [0.5, 0.6) is 0 Å². The van der Waals surface area contributed by atoms with E-state index in [4.69, 9.17) is 0 Å². The van der Waals surface area contributed by atoms with Crippen LogP contribution < -0.4 is 5.32 Å². The van der Waals surface area contributed by atoms with Crippen molar-refractivity contribution in [1.82, 2.24) is 5.32 Å². The average molecular weight is 253 g/mol. The van der Waals surface area contributed by atoms with Crippen molar-refractivity contribution in [3.8, 4) is 0 Å². The molecule has 0 aliphatic carbocycles. The molecule has 0 bridgehead atoms. The minimum atomic E-state index is -0.416. The Morgan fingerprint density at radius 2 is 1.58 bits per heavy atom. The zero-order chi connectivity index (χ0) is 13.5. The molecule has 19 heavy (non-hydrogen) atoms. The Hall–Kier alpha value is -2.16. The van der Waals surface area contributed by atoms with Gasteiger partial charge in [-0.15, -0.1) is 0 Å². The Morgan fingerprint density at radius 3 is 2.32 bits per heavy atom. The van der Waals surface area contributed by atoms with Crippen LogP contribution in [-0.4, -0.2) is 11.8 Å². The molecule has 2 aromatic rings. The number of benzene rings is 2. The van der Waals surface area contributed by atoms with Gasteiger partial charge in [0.05, 0.1) is 0 Å². The predicted molar refractivity (Wildman–Crippen MR) is 73.7 cm³/mol. The third kappa shape index (κ3) is 2.01. The molecule has 0 spiro atoms. The summed E-state index contributed by atoms with van der Waals surface area (Å²) in [5.74, 6) is -0.377. The summed E-state index contributed by atoms with van der Waals surface area (Å²) < 4.78 is 0. The van der Waals surface area contributed by atoms with Crippen LogP contribution in [0.25, 0.3) is 10.8 Å². The predicted octanol–water partition coefficient (Wildman–Crippen LogP) is 2.53. The van der Waals surface area contributed by atoms with Gasteiger partial charge in [-0.25, -0.2) is 0 Å². The molecule has 1 heterocycles. The van der Waals surface area contributed by atoms with Crippen LogP contribution in [0.15, 0.2) is 42.5 Å². The fourth-order valence-electron chi connectivity index (χ4n) is 2.96. The minimum Gasteiger partial charge on any atom is -0.296 e. The van der Waals surface area contributed by atoms with Crippen molar-refractivity contribution in [3.63, 3.8) is 0 Å². The van der Waals surface area contributed by atoms with Crippen molar-refractivity contribution in [2.75, 3.05) is 0 Å². The number of rotatable bonds is 1. The lowest BCUT2D eigenvalue weighted by Gasteiger charge is -2.33. The molecule has 3 rings (SSSR count). The normalized spacial score (nSPS) is 18.4. The Bertz CT molecular complexity index is 654. The van der Waals surface area contributed by atoms with Crippen LogP contribution in [-0.2, 0) is 15.0 Å². The van der Waals surface area contributed by atoms with Gasteiger partial charge in [0, 0.05) is 18.3 Å². The zero-order valence-corrected chi connectivity index (χ0v) is 10.8. The van der Waals surface area contributed by atoms with E-state index < -0.39 is 5.41 Å². The Morgan fingerprint density at radius 1 is 0.947 bits per heavy atom. The molecule has 0 atom stereocenters. The van der Waals surface area contributed by atoms with Crippen molar-refractivity contribution in [1.29, 1.82) is 0 Å². The van der Waals surface area contributed by atoms with Gasteiger partial charge in [0.1, 0.15) is 0 Å². The second-order valence-corrected chi connectivity index (χ2v) is 5.41. The van der Waals surface area contributed by atoms with E-state index >= 15 is 0 Å². The molecule has 96 valence electrons. The van der Waals surface area contributed by atoms with Crippen molar-refractivity contribution in [3.05, 3.63) is 48.0 Å². The van der Waals surface area contributed by atoms with Gasteiger partial charge in [-0.05, 0) is 16.3 Å². The summed E-state index contributed by atoms with van der Waals surface area (Å²) in [5, 5.41) is 4.63. The van der Waals surface area contributed by atoms with E-state index in [1.807, 2.05) is 49.4 Å². The first-order chi connectivity index (χ1) is 9.08. The van der Waals surface area contributed by atoms with Gasteiger partial charge in [0.25, 0.3) is 0 Å². The van der Waals surface area contributed by atoms with Crippen LogP contribution in [0, 0.1) is 0 Å². The third-order valence-corrected chi connectivity index (χ3v) is 3.82. The number of hydrogen-bond acceptors (Lipinski definition) is 2. The van der Waals surface area contributed by atoms with Gasteiger partial charge in [-0.1, -0.05) is 49.4 Å². The standard InChI is InChI=1S/C16H15NO2/c1-16(9-14(18)17-15(19)10-16)13-8-4-6-11-5-2-3-7-12(11)13/h2-8H,9-10H2,1H3,(H,17,18,19). The molecule has 3 heteroatoms. The van der Waals surface area contributed by atoms with E-state index in [2.05, 4.69) is 5.32 Å². The number of amides is 2. The summed E-state index contributed by atoms with van der Waals surface area (Å²) in [7, 11) is 0. The van der Waals surface area contributed by atoms with Crippen molar-refractivity contribution < 1.29 is 9.59 Å². The molecule has 2 aromatic carbocycles. The van der Waals surface area contributed by atoms with Gasteiger partial charge in [0.15, 0.2) is 0 Å². The summed E-state index contributed by atoms with van der Waals surface area (Å²) >= 11 is 0. The fourth-order valence-corrected chi connectivity index (χ4v) is 2.96. The van der Waals surface area contributed by atoms with Crippen molar-refractivity contribution in [2.24, 2.45) is 0 Å². The van der Waals surface area contributed by atoms with E-state index in [9.17, 15) is 9.59 Å². The summed E-state index contributed by atoms with van der Waals surface area (Å²) in [4.78, 5) is 23.3. The van der Waals surface area contributed by atoms with Gasteiger partial charge in [-0.3, -0.25) is 14.9 Å². The zero-order valence-electron chi connectivity index (χ0n) is 10.8. The lowest BCUT2D eigenvalue weighted by molar-refractivity contribution is -0.135. The lowest BCUT2D eigenvalue weighted by Crippen LogP contribution is -2.45. The van der Waals surface area contributed by atoms with Gasteiger partial charge in [-0.2, -0.15) is 0 Å². The summed E-state index contributed by atoms with van der Waals surface area (Å²) in [6.07, 6.45) is 0.708. The largest absolute Gasteiger partial charge is 0.296 e. The van der Waals surface area contributed by atoms with Gasteiger partial charge >= 0.3 is 0 Å². The molecule has 2 amide bonds. The van der Waals surface area contributed by atoms with Crippen LogP contribution >= 0.6 is 0 Å². The highest BCUT2D eigenvalue weighted by molar-refractivity contribution is 6.00. The monoisotopic (exact) mass is 253 g/mol. The maximum Gasteiger partial charge on any atom is 0.227 e. The Kier molecular flexibility index (Phi) is 2.63. The number of carbonyl (C=O) groups excluding carboxylic acids is 2. The van der Waals surface area contributed by atoms with Gasteiger partial charge in [0.2, 0.25) is 11.8 Å². The molecule has 1 fully saturated rings. The molecule has 1 N–H and O–H groups in total. The maximum atomic E-state index is 11.7. The average Bonchev–Trinajstić information content (AvgIpc) is 2.36. The van der Waals surface area contributed by atoms with Crippen LogP contribution in [0.3, 0.4) is 0 Å². The number of piperidine rings is 1. The first-order valence-corrected chi connectivity index (χ1v) is 6.39. The third-order valence-electron chi connectivity index (χ3n) is 3.82. The van der Waals surface area contributed by atoms with E-state index in [-0.39, 0.29) is 11.8 Å². The number of fused-ring (bicyclic) bond motifs is 1. The van der Waals surface area contributed by atoms with Crippen molar-refractivity contribution >= 4 is 22.6 Å². The van der Waals surface area contributed by atoms with E-state index in [0.29, 0.717) is 12.8 Å². The molecular weight excluding hydrogens is 238 g/mol. The molecule has 3 nitrogen and oxygen atoms in total. The van der Waals surface area contributed by atoms with Crippen LogP contribution in [0.2, 0.25) is 0 Å². The highest BCUT2D eigenvalue weighted by Crippen LogP contribution is 2.37. The first-order valence-electron chi connectivity index (χ1n) is 6.39. The quantitative estimate of drug-likeness (QED) is 0.794. The first kappa shape index (κ1) is 11.9. The van der Waals surface area contributed by atoms with Crippen LogP contribution in [0.1, 0.15) is 25.3 Å². The summed E-state index contributed by atoms with van der Waals surface area (Å²) in [6.45, 7) is 1.99. The number of imide groups is 1. The van der Waals surface area contributed by atoms with Gasteiger partial charge < -0.3 is 0 Å². The highest BCUT2D eigenvalue weighted by Gasteiger charge is 2.37. The molecule has 0 saturated carbocycles. The SMILES string of the molecule is CC1(c2cccc3ccccc23)CC(=O)NC(=O)C1. The molecule has 0 unspecified atom stereocenters. The number of nitrogens with one attached hydrogen (secondary N) is 1. The topological polar surface area (TPSA) is 46.2 Å². The second kappa shape index (κ2) is 4.19. The number of carbonyl (C=O) groups is 2. The highest BCUT2D eigenvalue weighted by atomic mass is 16.2. The second-order valence-electron chi connectivity index (χ2n) is 5.41. The number of hydrogen-bond donors (Lipinski definition) is 1. The minimum absolute atomic E-state index is 0.188. The Balaban J connectivity index is 2.18. The molecule has 1 aliphatic heterocycles. The Labute approximate surface area is 111 Å². The van der Waals surface area contributed by atoms with E-state index in [1.165, 1.54) is 0 Å². The molecule has 1 aliphatic rings. The summed E-state index contributed by atoms with van der Waals surface area (Å²) in [5.41, 5.74) is 0.661. The van der Waals surface area contributed by atoms with E-state index in [0.717, 1.165) is 16.3 Å². The molecule has 0 radical (unpaired) electrons. The van der Waals surface area contributed by atoms with Crippen LogP contribution in [0.4, 0.5) is 0 Å². The molecular formula is C16H15NO2. The van der Waals surface area contributed by atoms with E-state index in [1.54, 1.807) is 0 Å². The van der Waals surface area contributed by atoms with Crippen molar-refractivity contribution in [2.45, 2.75) is 25.2 Å². The smallest absolute Gasteiger partial charge is 0.227 e. The molecule has 1 saturated heterocycles. The summed E-state index contributed by atoms with van der Waals surface area (Å²) in [6, 6.07) is 14.1. The maximum absolute atomic E-state index is 11.7. The fraction of sp³-hybridized carbons (Fsp3) is 0.250. The molecule has 0 aromatic heterocycles. The lowest BCUT2D eigenvalue weighted by atomic mass is 9.73.